The number of nitrogens with zero attached hydrogens (tertiary/aromatic N) is 3. The summed E-state index contributed by atoms with van der Waals surface area (Å²) in [7, 11) is 16.6. The highest BCUT2D eigenvalue weighted by atomic mass is 15.4. The molecule has 0 radical (unpaired) electrons. The summed E-state index contributed by atoms with van der Waals surface area (Å²) in [5.41, 5.74) is 0. The number of quaternary nitrogens is 3. The van der Waals surface area contributed by atoms with E-state index in [2.05, 4.69) is 56.3 Å². The maximum absolute atomic E-state index is 2.44. The first-order valence-electron chi connectivity index (χ1n) is 15.4. The lowest BCUT2D eigenvalue weighted by molar-refractivity contribution is -0.964. The molecule has 0 fully saturated rings. The van der Waals surface area contributed by atoms with Crippen molar-refractivity contribution in [3.05, 3.63) is 0 Å². The predicted molar refractivity (Wildman–Crippen MR) is 155 cm³/mol. The largest absolute Gasteiger partial charge is 0.326 e. The Labute approximate surface area is 218 Å². The van der Waals surface area contributed by atoms with Gasteiger partial charge in [0.05, 0.1) is 55.9 Å². The summed E-state index contributed by atoms with van der Waals surface area (Å²) < 4.78 is 3.40. The van der Waals surface area contributed by atoms with E-state index in [1.54, 1.807) is 0 Å². The van der Waals surface area contributed by atoms with Gasteiger partial charge in [0.15, 0.2) is 0 Å². The minimum atomic E-state index is 1.07. The van der Waals surface area contributed by atoms with Crippen molar-refractivity contribution in [3.63, 3.8) is 0 Å². The van der Waals surface area contributed by atoms with Gasteiger partial charge in [-0.05, 0) is 12.8 Å². The highest BCUT2D eigenvalue weighted by Crippen LogP contribution is 2.15. The molecule has 0 heterocycles. The Balaban J connectivity index is 3.48. The van der Waals surface area contributed by atoms with Crippen LogP contribution in [0.5, 0.6) is 0 Å². The normalized spacial score (nSPS) is 13.1. The first kappa shape index (κ1) is 33.9. The molecular formula is C31H70N3+3. The van der Waals surface area contributed by atoms with Crippen LogP contribution in [0.2, 0.25) is 0 Å². The fourth-order valence-corrected chi connectivity index (χ4v) is 4.78. The predicted octanol–water partition coefficient (Wildman–Crippen LogP) is 7.89. The second-order valence-corrected chi connectivity index (χ2v) is 13.8. The lowest BCUT2D eigenvalue weighted by Crippen LogP contribution is -2.54. The summed E-state index contributed by atoms with van der Waals surface area (Å²) in [6, 6.07) is 0. The minimum Gasteiger partial charge on any atom is -0.326 e. The average molecular weight is 485 g/mol. The van der Waals surface area contributed by atoms with Gasteiger partial charge in [-0.25, -0.2) is 0 Å². The maximum Gasteiger partial charge on any atom is 0.128 e. The zero-order valence-electron chi connectivity index (χ0n) is 25.6. The number of unbranched alkanes of at least 4 members (excludes halogenated alkanes) is 17. The van der Waals surface area contributed by atoms with Crippen LogP contribution in [0.4, 0.5) is 0 Å². The van der Waals surface area contributed by atoms with Gasteiger partial charge in [-0.15, -0.1) is 0 Å². The third kappa shape index (κ3) is 25.0. The van der Waals surface area contributed by atoms with E-state index in [1.807, 2.05) is 0 Å². The van der Waals surface area contributed by atoms with Gasteiger partial charge in [-0.1, -0.05) is 110 Å². The highest BCUT2D eigenvalue weighted by Gasteiger charge is 2.24. The average Bonchev–Trinajstić information content (AvgIpc) is 2.75. The first-order valence-corrected chi connectivity index (χ1v) is 15.4. The monoisotopic (exact) mass is 485 g/mol. The topological polar surface area (TPSA) is 0 Å². The highest BCUT2D eigenvalue weighted by molar-refractivity contribution is 4.51. The molecule has 206 valence electrons. The Kier molecular flexibility index (Phi) is 19.9. The van der Waals surface area contributed by atoms with Crippen LogP contribution in [0.25, 0.3) is 0 Å². The Morgan fingerprint density at radius 2 is 0.559 bits per heavy atom. The van der Waals surface area contributed by atoms with E-state index in [1.165, 1.54) is 153 Å². The standard InChI is InChI=1S/C31H70N3/c1-9-10-11-12-13-14-15-16-17-18-19-20-21-22-23-24-25-26-27-33(5,6)30-31-34(7,8)29-28-32(2,3)4/h9-31H2,1-8H3/q+3. The van der Waals surface area contributed by atoms with E-state index in [-0.39, 0.29) is 0 Å². The number of hydrogen-bond donors (Lipinski definition) is 0. The van der Waals surface area contributed by atoms with Gasteiger partial charge < -0.3 is 13.4 Å². The van der Waals surface area contributed by atoms with Gasteiger partial charge in [0.2, 0.25) is 0 Å². The van der Waals surface area contributed by atoms with E-state index >= 15 is 0 Å². The van der Waals surface area contributed by atoms with Gasteiger partial charge in [0.25, 0.3) is 0 Å². The fraction of sp³-hybridized carbons (Fsp3) is 1.00. The molecule has 0 unspecified atom stereocenters. The molecule has 0 atom stereocenters. The zero-order valence-corrected chi connectivity index (χ0v) is 25.6. The van der Waals surface area contributed by atoms with E-state index < -0.39 is 0 Å². The molecular weight excluding hydrogens is 414 g/mol. The summed E-state index contributed by atoms with van der Waals surface area (Å²) >= 11 is 0. The fourth-order valence-electron chi connectivity index (χ4n) is 4.78. The summed E-state index contributed by atoms with van der Waals surface area (Å²) in [5.74, 6) is 0. The molecule has 0 N–H and O–H groups in total. The van der Waals surface area contributed by atoms with Gasteiger partial charge in [-0.3, -0.25) is 0 Å². The van der Waals surface area contributed by atoms with E-state index in [9.17, 15) is 0 Å². The molecule has 0 aliphatic rings. The van der Waals surface area contributed by atoms with Crippen LogP contribution in [0.3, 0.4) is 0 Å². The molecule has 0 rings (SSSR count). The van der Waals surface area contributed by atoms with Gasteiger partial charge >= 0.3 is 0 Å². The van der Waals surface area contributed by atoms with Gasteiger partial charge in [-0.2, -0.15) is 0 Å². The molecule has 0 saturated heterocycles. The summed E-state index contributed by atoms with van der Waals surface area (Å²) in [4.78, 5) is 0. The van der Waals surface area contributed by atoms with Crippen molar-refractivity contribution in [1.82, 2.24) is 0 Å². The van der Waals surface area contributed by atoms with Crippen molar-refractivity contribution in [3.8, 4) is 0 Å². The van der Waals surface area contributed by atoms with Crippen molar-refractivity contribution in [1.29, 1.82) is 0 Å². The van der Waals surface area contributed by atoms with Crippen molar-refractivity contribution in [2.45, 2.75) is 122 Å². The Hall–Kier alpha value is -0.120. The Morgan fingerprint density at radius 3 is 0.882 bits per heavy atom. The molecule has 3 nitrogen and oxygen atoms in total. The second kappa shape index (κ2) is 20.0. The number of hydrogen-bond acceptors (Lipinski definition) is 0. The van der Waals surface area contributed by atoms with Crippen molar-refractivity contribution in [2.24, 2.45) is 0 Å². The molecule has 0 aromatic carbocycles. The summed E-state index contributed by atoms with van der Waals surface area (Å²) in [5, 5.41) is 0. The summed E-state index contributed by atoms with van der Waals surface area (Å²) in [6.45, 7) is 8.74. The molecule has 0 spiro atoms. The molecule has 0 aliphatic carbocycles. The molecule has 34 heavy (non-hydrogen) atoms. The lowest BCUT2D eigenvalue weighted by atomic mass is 10.0. The minimum absolute atomic E-state index is 1.07. The molecule has 0 aromatic rings. The van der Waals surface area contributed by atoms with Crippen LogP contribution in [0, 0.1) is 0 Å². The SMILES string of the molecule is CCCCCCCCCCCCCCCCCCCC[N+](C)(C)CC[N+](C)(C)CC[N+](C)(C)C. The van der Waals surface area contributed by atoms with Crippen LogP contribution in [0.15, 0.2) is 0 Å². The van der Waals surface area contributed by atoms with Crippen LogP contribution in [0.1, 0.15) is 122 Å². The second-order valence-electron chi connectivity index (χ2n) is 13.8. The number of rotatable bonds is 25. The summed E-state index contributed by atoms with van der Waals surface area (Å²) in [6.07, 6.45) is 26.2. The molecule has 0 amide bonds. The first-order chi connectivity index (χ1) is 16.0. The molecule has 0 saturated carbocycles. The zero-order chi connectivity index (χ0) is 25.8. The number of likely N-dealkylation sites (N-methyl/N-ethyl adjacent to an activating group) is 3. The molecule has 3 heteroatoms. The van der Waals surface area contributed by atoms with E-state index in [0.29, 0.717) is 0 Å². The van der Waals surface area contributed by atoms with E-state index in [4.69, 9.17) is 0 Å². The van der Waals surface area contributed by atoms with Gasteiger partial charge in [0.1, 0.15) is 26.2 Å². The molecule has 0 bridgehead atoms. The van der Waals surface area contributed by atoms with Crippen LogP contribution in [-0.4, -0.2) is 95.5 Å². The maximum atomic E-state index is 2.44. The lowest BCUT2D eigenvalue weighted by Gasteiger charge is -2.37. The van der Waals surface area contributed by atoms with Crippen LogP contribution >= 0.6 is 0 Å². The third-order valence-electron chi connectivity index (χ3n) is 7.80. The van der Waals surface area contributed by atoms with Gasteiger partial charge in [0, 0.05) is 0 Å². The van der Waals surface area contributed by atoms with E-state index in [0.717, 1.165) is 8.97 Å². The molecule has 0 aliphatic heterocycles. The quantitative estimate of drug-likeness (QED) is 0.0912. The molecule has 0 aromatic heterocycles. The van der Waals surface area contributed by atoms with Crippen molar-refractivity contribution >= 4 is 0 Å². The Morgan fingerprint density at radius 1 is 0.294 bits per heavy atom. The smallest absolute Gasteiger partial charge is 0.128 e. The van der Waals surface area contributed by atoms with Crippen LogP contribution < -0.4 is 0 Å². The third-order valence-corrected chi connectivity index (χ3v) is 7.80. The van der Waals surface area contributed by atoms with Crippen molar-refractivity contribution in [2.75, 3.05) is 82.1 Å². The van der Waals surface area contributed by atoms with Crippen molar-refractivity contribution < 1.29 is 13.4 Å². The van der Waals surface area contributed by atoms with Crippen LogP contribution in [-0.2, 0) is 0 Å². The Bertz CT molecular complexity index is 436.